The number of benzene rings is 2. The maximum absolute atomic E-state index is 12.7. The Morgan fingerprint density at radius 1 is 1.07 bits per heavy atom. The maximum Gasteiger partial charge on any atom is 0.262 e. The largest absolute Gasteiger partial charge is 0.336 e. The number of para-hydroxylation sites is 1. The standard InChI is InChI=1S/C22H23N3O2S/c1-2-24-11-13-25(14-12-24)22(27)17-9-7-16(8-10-17)15-20-21(26)23-18-5-3-4-6-19(18)28-20/h3-10,15H,2,11-14H2,1H3,(H,23,26)/b20-15+. The average Bonchev–Trinajstić information content (AvgIpc) is 2.74. The Morgan fingerprint density at radius 2 is 1.79 bits per heavy atom. The van der Waals surface area contributed by atoms with Gasteiger partial charge >= 0.3 is 0 Å². The van der Waals surface area contributed by atoms with Gasteiger partial charge < -0.3 is 15.1 Å². The Hall–Kier alpha value is -2.57. The van der Waals surface area contributed by atoms with Crippen molar-refractivity contribution in [1.29, 1.82) is 0 Å². The molecule has 0 aromatic heterocycles. The third kappa shape index (κ3) is 3.98. The first-order valence-corrected chi connectivity index (χ1v) is 10.4. The van der Waals surface area contributed by atoms with Crippen molar-refractivity contribution in [3.63, 3.8) is 0 Å². The molecule has 0 spiro atoms. The molecular formula is C22H23N3O2S. The zero-order valence-electron chi connectivity index (χ0n) is 15.9. The van der Waals surface area contributed by atoms with E-state index in [9.17, 15) is 9.59 Å². The molecule has 2 aromatic rings. The van der Waals surface area contributed by atoms with Crippen molar-refractivity contribution in [3.8, 4) is 0 Å². The second kappa shape index (κ2) is 8.20. The van der Waals surface area contributed by atoms with Crippen LogP contribution in [0.25, 0.3) is 6.08 Å². The number of thioether (sulfide) groups is 1. The van der Waals surface area contributed by atoms with Crippen LogP contribution in [0.15, 0.2) is 58.3 Å². The highest BCUT2D eigenvalue weighted by Gasteiger charge is 2.22. The molecule has 28 heavy (non-hydrogen) atoms. The summed E-state index contributed by atoms with van der Waals surface area (Å²) in [7, 11) is 0. The van der Waals surface area contributed by atoms with E-state index in [-0.39, 0.29) is 11.8 Å². The molecule has 0 radical (unpaired) electrons. The summed E-state index contributed by atoms with van der Waals surface area (Å²) in [5.74, 6) is -0.0219. The van der Waals surface area contributed by atoms with E-state index in [0.717, 1.165) is 48.9 Å². The van der Waals surface area contributed by atoms with Crippen molar-refractivity contribution in [3.05, 3.63) is 64.6 Å². The molecule has 5 nitrogen and oxygen atoms in total. The van der Waals surface area contributed by atoms with Gasteiger partial charge in [0.1, 0.15) is 0 Å². The second-order valence-electron chi connectivity index (χ2n) is 6.91. The summed E-state index contributed by atoms with van der Waals surface area (Å²) in [6.45, 7) is 6.58. The molecule has 2 heterocycles. The van der Waals surface area contributed by atoms with Crippen LogP contribution in [0.5, 0.6) is 0 Å². The van der Waals surface area contributed by atoms with Crippen molar-refractivity contribution in [2.45, 2.75) is 11.8 Å². The Labute approximate surface area is 169 Å². The minimum Gasteiger partial charge on any atom is -0.336 e. The lowest BCUT2D eigenvalue weighted by molar-refractivity contribution is -0.112. The summed E-state index contributed by atoms with van der Waals surface area (Å²) >= 11 is 1.46. The molecule has 2 aromatic carbocycles. The molecule has 1 fully saturated rings. The van der Waals surface area contributed by atoms with Gasteiger partial charge in [0.2, 0.25) is 0 Å². The second-order valence-corrected chi connectivity index (χ2v) is 7.99. The van der Waals surface area contributed by atoms with Crippen LogP contribution in [0.3, 0.4) is 0 Å². The van der Waals surface area contributed by atoms with Gasteiger partial charge in [-0.15, -0.1) is 0 Å². The lowest BCUT2D eigenvalue weighted by Crippen LogP contribution is -2.48. The Bertz CT molecular complexity index is 916. The lowest BCUT2D eigenvalue weighted by atomic mass is 10.1. The highest BCUT2D eigenvalue weighted by Crippen LogP contribution is 2.38. The summed E-state index contributed by atoms with van der Waals surface area (Å²) < 4.78 is 0. The van der Waals surface area contributed by atoms with Crippen molar-refractivity contribution < 1.29 is 9.59 Å². The van der Waals surface area contributed by atoms with Gasteiger partial charge in [-0.1, -0.05) is 43.0 Å². The minimum atomic E-state index is -0.0994. The van der Waals surface area contributed by atoms with E-state index in [1.54, 1.807) is 0 Å². The third-order valence-electron chi connectivity index (χ3n) is 5.14. The molecule has 144 valence electrons. The number of nitrogens with zero attached hydrogens (tertiary/aromatic N) is 2. The van der Waals surface area contributed by atoms with Crippen LogP contribution in [0.4, 0.5) is 5.69 Å². The van der Waals surface area contributed by atoms with Gasteiger partial charge in [0.15, 0.2) is 0 Å². The van der Waals surface area contributed by atoms with Crippen LogP contribution < -0.4 is 5.32 Å². The van der Waals surface area contributed by atoms with Crippen LogP contribution >= 0.6 is 11.8 Å². The number of fused-ring (bicyclic) bond motifs is 1. The molecule has 0 saturated carbocycles. The summed E-state index contributed by atoms with van der Waals surface area (Å²) in [5.41, 5.74) is 2.45. The summed E-state index contributed by atoms with van der Waals surface area (Å²) in [5, 5.41) is 2.92. The van der Waals surface area contributed by atoms with E-state index in [1.807, 2.05) is 59.5 Å². The Morgan fingerprint density at radius 3 is 2.50 bits per heavy atom. The smallest absolute Gasteiger partial charge is 0.262 e. The zero-order valence-corrected chi connectivity index (χ0v) is 16.7. The number of carbonyl (C=O) groups is 2. The van der Waals surface area contributed by atoms with E-state index in [0.29, 0.717) is 10.5 Å². The van der Waals surface area contributed by atoms with Gasteiger partial charge in [0, 0.05) is 36.6 Å². The van der Waals surface area contributed by atoms with Gasteiger partial charge in [-0.2, -0.15) is 0 Å². The van der Waals surface area contributed by atoms with Crippen molar-refractivity contribution in [2.75, 3.05) is 38.0 Å². The van der Waals surface area contributed by atoms with Crippen molar-refractivity contribution in [2.24, 2.45) is 0 Å². The van der Waals surface area contributed by atoms with Crippen LogP contribution in [-0.2, 0) is 4.79 Å². The molecule has 2 amide bonds. The quantitative estimate of drug-likeness (QED) is 0.811. The number of amides is 2. The summed E-state index contributed by atoms with van der Waals surface area (Å²) in [4.78, 5) is 31.0. The minimum absolute atomic E-state index is 0.0775. The van der Waals surface area contributed by atoms with Crippen molar-refractivity contribution >= 4 is 35.3 Å². The number of carbonyl (C=O) groups excluding carboxylic acids is 2. The molecule has 0 bridgehead atoms. The number of anilines is 1. The summed E-state index contributed by atoms with van der Waals surface area (Å²) in [6, 6.07) is 15.3. The van der Waals surface area contributed by atoms with Crippen molar-refractivity contribution in [1.82, 2.24) is 9.80 Å². The summed E-state index contributed by atoms with van der Waals surface area (Å²) in [6.07, 6.45) is 1.87. The normalized spacial score (nSPS) is 18.7. The zero-order chi connectivity index (χ0) is 19.5. The molecule has 4 rings (SSSR count). The van der Waals surface area contributed by atoms with Gasteiger partial charge in [0.05, 0.1) is 10.6 Å². The van der Waals surface area contributed by atoms with Crippen LogP contribution in [0.1, 0.15) is 22.8 Å². The number of hydrogen-bond donors (Lipinski definition) is 1. The lowest BCUT2D eigenvalue weighted by Gasteiger charge is -2.34. The van der Waals surface area contributed by atoms with E-state index in [4.69, 9.17) is 0 Å². The first-order chi connectivity index (χ1) is 13.6. The van der Waals surface area contributed by atoms with E-state index < -0.39 is 0 Å². The van der Waals surface area contributed by atoms with E-state index >= 15 is 0 Å². The molecule has 6 heteroatoms. The molecule has 0 atom stereocenters. The Kier molecular flexibility index (Phi) is 5.50. The van der Waals surface area contributed by atoms with Gasteiger partial charge in [-0.05, 0) is 42.4 Å². The van der Waals surface area contributed by atoms with Gasteiger partial charge in [-0.3, -0.25) is 9.59 Å². The number of nitrogens with one attached hydrogen (secondary N) is 1. The molecule has 1 saturated heterocycles. The SMILES string of the molecule is CCN1CCN(C(=O)c2ccc(/C=C3/Sc4ccccc4NC3=O)cc2)CC1. The fraction of sp³-hybridized carbons (Fsp3) is 0.273. The van der Waals surface area contributed by atoms with Gasteiger partial charge in [0.25, 0.3) is 11.8 Å². The molecular weight excluding hydrogens is 370 g/mol. The maximum atomic E-state index is 12.7. The fourth-order valence-corrected chi connectivity index (χ4v) is 4.38. The van der Waals surface area contributed by atoms with Crippen LogP contribution in [0.2, 0.25) is 0 Å². The molecule has 2 aliphatic rings. The highest BCUT2D eigenvalue weighted by atomic mass is 32.2. The molecule has 1 N–H and O–H groups in total. The first kappa shape index (κ1) is 18.8. The number of hydrogen-bond acceptors (Lipinski definition) is 4. The molecule has 2 aliphatic heterocycles. The predicted molar refractivity (Wildman–Crippen MR) is 113 cm³/mol. The van der Waals surface area contributed by atoms with E-state index in [1.165, 1.54) is 11.8 Å². The fourth-order valence-electron chi connectivity index (χ4n) is 3.43. The van der Waals surface area contributed by atoms with Crippen LogP contribution in [-0.4, -0.2) is 54.3 Å². The van der Waals surface area contributed by atoms with E-state index in [2.05, 4.69) is 17.1 Å². The third-order valence-corrected chi connectivity index (χ3v) is 6.24. The number of piperazine rings is 1. The molecule has 0 aliphatic carbocycles. The Balaban J connectivity index is 1.46. The number of rotatable bonds is 3. The predicted octanol–water partition coefficient (Wildman–Crippen LogP) is 3.55. The monoisotopic (exact) mass is 393 g/mol. The van der Waals surface area contributed by atoms with Crippen LogP contribution in [0, 0.1) is 0 Å². The molecule has 0 unspecified atom stereocenters. The van der Waals surface area contributed by atoms with Gasteiger partial charge in [-0.25, -0.2) is 0 Å². The topological polar surface area (TPSA) is 52.6 Å². The first-order valence-electron chi connectivity index (χ1n) is 9.55. The number of likely N-dealkylation sites (N-methyl/N-ethyl adjacent to an activating group) is 1. The average molecular weight is 394 g/mol. The highest BCUT2D eigenvalue weighted by molar-refractivity contribution is 8.04.